The molecule has 0 saturated carbocycles. The molecule has 106 valence electrons. The van der Waals surface area contributed by atoms with E-state index in [9.17, 15) is 4.79 Å². The number of aromatic amines is 1. The molecule has 0 radical (unpaired) electrons. The van der Waals surface area contributed by atoms with Crippen LogP contribution in [0, 0.1) is 0 Å². The van der Waals surface area contributed by atoms with Crippen LogP contribution >= 0.6 is 0 Å². The van der Waals surface area contributed by atoms with Crippen molar-refractivity contribution >= 4 is 17.4 Å². The highest BCUT2D eigenvalue weighted by Gasteiger charge is 2.10. The second-order valence-corrected chi connectivity index (χ2v) is 4.56. The summed E-state index contributed by atoms with van der Waals surface area (Å²) in [7, 11) is 2.03. The number of hydrogen-bond acceptors (Lipinski definition) is 4. The molecule has 2 aromatic rings. The highest BCUT2D eigenvalue weighted by Crippen LogP contribution is 2.10. The lowest BCUT2D eigenvalue weighted by Gasteiger charge is -2.19. The summed E-state index contributed by atoms with van der Waals surface area (Å²) in [6.45, 7) is 1.46. The average Bonchev–Trinajstić information content (AvgIpc) is 2.90. The first kappa shape index (κ1) is 13.9. The molecule has 1 amide bonds. The van der Waals surface area contributed by atoms with Gasteiger partial charge in [0, 0.05) is 25.8 Å². The zero-order chi connectivity index (χ0) is 14.4. The SMILES string of the molecule is CN(CCCNC(=O)c1cn[nH]c1N)c1ccccc1. The lowest BCUT2D eigenvalue weighted by atomic mass is 10.2. The van der Waals surface area contributed by atoms with Crippen LogP contribution in [0.1, 0.15) is 16.8 Å². The standard InChI is InChI=1S/C14H19N5O/c1-19(11-6-3-2-4-7-11)9-5-8-16-14(20)12-10-17-18-13(12)15/h2-4,6-7,10H,5,8-9H2,1H3,(H,16,20)(H3,15,17,18). The molecule has 0 atom stereocenters. The summed E-state index contributed by atoms with van der Waals surface area (Å²) < 4.78 is 0. The highest BCUT2D eigenvalue weighted by molar-refractivity contribution is 5.98. The Morgan fingerprint density at radius 3 is 2.80 bits per heavy atom. The maximum atomic E-state index is 11.8. The minimum Gasteiger partial charge on any atom is -0.383 e. The predicted octanol–water partition coefficient (Wildman–Crippen LogP) is 1.25. The third-order valence-electron chi connectivity index (χ3n) is 3.07. The molecule has 0 saturated heterocycles. The number of carbonyl (C=O) groups is 1. The molecular weight excluding hydrogens is 254 g/mol. The number of nitrogens with zero attached hydrogens (tertiary/aromatic N) is 2. The third kappa shape index (κ3) is 3.50. The van der Waals surface area contributed by atoms with E-state index in [2.05, 4.69) is 32.5 Å². The fourth-order valence-electron chi connectivity index (χ4n) is 1.90. The van der Waals surface area contributed by atoms with Gasteiger partial charge in [-0.25, -0.2) is 0 Å². The summed E-state index contributed by atoms with van der Waals surface area (Å²) in [6, 6.07) is 10.1. The molecule has 1 aromatic carbocycles. The van der Waals surface area contributed by atoms with E-state index in [0.717, 1.165) is 18.7 Å². The highest BCUT2D eigenvalue weighted by atomic mass is 16.1. The molecular formula is C14H19N5O. The van der Waals surface area contributed by atoms with Crippen molar-refractivity contribution in [2.75, 3.05) is 30.8 Å². The fourth-order valence-corrected chi connectivity index (χ4v) is 1.90. The van der Waals surface area contributed by atoms with E-state index in [1.165, 1.54) is 6.20 Å². The fraction of sp³-hybridized carbons (Fsp3) is 0.286. The van der Waals surface area contributed by atoms with Crippen LogP contribution in [0.3, 0.4) is 0 Å². The van der Waals surface area contributed by atoms with E-state index in [1.54, 1.807) is 0 Å². The summed E-state index contributed by atoms with van der Waals surface area (Å²) in [5, 5.41) is 9.09. The molecule has 0 unspecified atom stereocenters. The molecule has 0 aliphatic rings. The first-order valence-corrected chi connectivity index (χ1v) is 6.51. The lowest BCUT2D eigenvalue weighted by Crippen LogP contribution is -2.28. The summed E-state index contributed by atoms with van der Waals surface area (Å²) in [6.07, 6.45) is 2.29. The minimum absolute atomic E-state index is 0.196. The van der Waals surface area contributed by atoms with Gasteiger partial charge in [-0.1, -0.05) is 18.2 Å². The van der Waals surface area contributed by atoms with Gasteiger partial charge >= 0.3 is 0 Å². The molecule has 0 aliphatic heterocycles. The topological polar surface area (TPSA) is 87.0 Å². The smallest absolute Gasteiger partial charge is 0.256 e. The predicted molar refractivity (Wildman–Crippen MR) is 79.7 cm³/mol. The lowest BCUT2D eigenvalue weighted by molar-refractivity contribution is 0.0954. The number of carbonyl (C=O) groups excluding carboxylic acids is 1. The number of benzene rings is 1. The van der Waals surface area contributed by atoms with Crippen LogP contribution < -0.4 is 16.0 Å². The number of aromatic nitrogens is 2. The zero-order valence-electron chi connectivity index (χ0n) is 11.5. The van der Waals surface area contributed by atoms with Crippen molar-refractivity contribution in [1.29, 1.82) is 0 Å². The number of para-hydroxylation sites is 1. The Hall–Kier alpha value is -2.50. The van der Waals surface area contributed by atoms with Crippen molar-refractivity contribution < 1.29 is 4.79 Å². The Bertz CT molecular complexity index is 552. The summed E-state index contributed by atoms with van der Waals surface area (Å²) in [5.41, 5.74) is 7.14. The Kier molecular flexibility index (Phi) is 4.60. The van der Waals surface area contributed by atoms with Crippen LogP contribution in [-0.4, -0.2) is 36.2 Å². The van der Waals surface area contributed by atoms with Crippen molar-refractivity contribution in [2.24, 2.45) is 0 Å². The number of nitrogens with two attached hydrogens (primary N) is 1. The van der Waals surface area contributed by atoms with Crippen molar-refractivity contribution in [3.63, 3.8) is 0 Å². The largest absolute Gasteiger partial charge is 0.383 e. The van der Waals surface area contributed by atoms with Crippen LogP contribution in [0.2, 0.25) is 0 Å². The molecule has 0 bridgehead atoms. The van der Waals surface area contributed by atoms with Crippen LogP contribution in [0.4, 0.5) is 11.5 Å². The van der Waals surface area contributed by atoms with Crippen molar-refractivity contribution in [2.45, 2.75) is 6.42 Å². The van der Waals surface area contributed by atoms with Crippen LogP contribution in [-0.2, 0) is 0 Å². The monoisotopic (exact) mass is 273 g/mol. The van der Waals surface area contributed by atoms with Gasteiger partial charge in [0.15, 0.2) is 0 Å². The number of hydrogen-bond donors (Lipinski definition) is 3. The Morgan fingerprint density at radius 2 is 2.15 bits per heavy atom. The molecule has 0 fully saturated rings. The van der Waals surface area contributed by atoms with Gasteiger partial charge in [0.2, 0.25) is 0 Å². The van der Waals surface area contributed by atoms with Gasteiger partial charge in [0.25, 0.3) is 5.91 Å². The second-order valence-electron chi connectivity index (χ2n) is 4.56. The molecule has 4 N–H and O–H groups in total. The van der Waals surface area contributed by atoms with Gasteiger partial charge in [0.1, 0.15) is 11.4 Å². The van der Waals surface area contributed by atoms with Crippen LogP contribution in [0.5, 0.6) is 0 Å². The molecule has 0 spiro atoms. The Morgan fingerprint density at radius 1 is 1.40 bits per heavy atom. The summed E-state index contributed by atoms with van der Waals surface area (Å²) in [5.74, 6) is 0.0996. The van der Waals surface area contributed by atoms with Crippen molar-refractivity contribution in [3.05, 3.63) is 42.1 Å². The van der Waals surface area contributed by atoms with E-state index in [0.29, 0.717) is 17.9 Å². The Balaban J connectivity index is 1.72. The van der Waals surface area contributed by atoms with E-state index in [-0.39, 0.29) is 5.91 Å². The molecule has 20 heavy (non-hydrogen) atoms. The first-order valence-electron chi connectivity index (χ1n) is 6.51. The van der Waals surface area contributed by atoms with Crippen molar-refractivity contribution in [3.8, 4) is 0 Å². The van der Waals surface area contributed by atoms with Gasteiger partial charge in [-0.3, -0.25) is 9.89 Å². The summed E-state index contributed by atoms with van der Waals surface area (Å²) >= 11 is 0. The second kappa shape index (κ2) is 6.60. The zero-order valence-corrected chi connectivity index (χ0v) is 11.5. The average molecular weight is 273 g/mol. The maximum Gasteiger partial charge on any atom is 0.256 e. The van der Waals surface area contributed by atoms with Crippen LogP contribution in [0.25, 0.3) is 0 Å². The quantitative estimate of drug-likeness (QED) is 0.691. The van der Waals surface area contributed by atoms with Gasteiger partial charge in [-0.15, -0.1) is 0 Å². The van der Waals surface area contributed by atoms with E-state index in [4.69, 9.17) is 5.73 Å². The minimum atomic E-state index is -0.196. The molecule has 6 heteroatoms. The molecule has 1 aromatic heterocycles. The molecule has 0 aliphatic carbocycles. The third-order valence-corrected chi connectivity index (χ3v) is 3.07. The normalized spacial score (nSPS) is 10.2. The first-order chi connectivity index (χ1) is 9.68. The van der Waals surface area contributed by atoms with Gasteiger partial charge < -0.3 is 16.0 Å². The molecule has 6 nitrogen and oxygen atoms in total. The number of nitrogen functional groups attached to an aromatic ring is 1. The van der Waals surface area contributed by atoms with Crippen molar-refractivity contribution in [1.82, 2.24) is 15.5 Å². The van der Waals surface area contributed by atoms with Gasteiger partial charge in [-0.05, 0) is 18.6 Å². The number of nitrogens with one attached hydrogen (secondary N) is 2. The maximum absolute atomic E-state index is 11.8. The number of rotatable bonds is 6. The van der Waals surface area contributed by atoms with Gasteiger partial charge in [-0.2, -0.15) is 5.10 Å². The Labute approximate surface area is 118 Å². The van der Waals surface area contributed by atoms with E-state index in [1.807, 2.05) is 25.2 Å². The number of H-pyrrole nitrogens is 1. The van der Waals surface area contributed by atoms with Gasteiger partial charge in [0.05, 0.1) is 6.20 Å². The van der Waals surface area contributed by atoms with E-state index >= 15 is 0 Å². The number of anilines is 2. The molecule has 2 rings (SSSR count). The van der Waals surface area contributed by atoms with Crippen LogP contribution in [0.15, 0.2) is 36.5 Å². The number of amides is 1. The summed E-state index contributed by atoms with van der Waals surface area (Å²) in [4.78, 5) is 13.9. The molecule has 1 heterocycles. The van der Waals surface area contributed by atoms with E-state index < -0.39 is 0 Å².